The molecule has 100 valence electrons. The van der Waals surface area contributed by atoms with Gasteiger partial charge in [-0.15, -0.1) is 0 Å². The molecular weight excluding hydrogens is 252 g/mol. The van der Waals surface area contributed by atoms with E-state index in [4.69, 9.17) is 14.9 Å². The molecule has 0 heterocycles. The molecule has 1 rings (SSSR count). The zero-order valence-electron chi connectivity index (χ0n) is 10.1. The van der Waals surface area contributed by atoms with Crippen molar-refractivity contribution in [2.75, 3.05) is 0 Å². The van der Waals surface area contributed by atoms with Gasteiger partial charge < -0.3 is 14.9 Å². The summed E-state index contributed by atoms with van der Waals surface area (Å²) >= 11 is 0. The van der Waals surface area contributed by atoms with Gasteiger partial charge in [-0.05, 0) is 25.1 Å². The van der Waals surface area contributed by atoms with Crippen LogP contribution >= 0.6 is 0 Å². The number of rotatable bonds is 5. The Morgan fingerprint density at radius 3 is 2.16 bits per heavy atom. The third-order valence-corrected chi connectivity index (χ3v) is 2.50. The number of aromatic carboxylic acids is 1. The van der Waals surface area contributed by atoms with Crippen LogP contribution in [-0.2, 0) is 9.53 Å². The molecule has 19 heavy (non-hydrogen) atoms. The van der Waals surface area contributed by atoms with Crippen molar-refractivity contribution in [3.8, 4) is 0 Å². The predicted octanol–water partition coefficient (Wildman–Crippen LogP) is 1.57. The van der Waals surface area contributed by atoms with Gasteiger partial charge in [0.1, 0.15) is 0 Å². The lowest BCUT2D eigenvalue weighted by Crippen LogP contribution is -2.38. The molecule has 1 aromatic carbocycles. The van der Waals surface area contributed by atoms with Crippen molar-refractivity contribution in [3.63, 3.8) is 0 Å². The number of carbonyl (C=O) groups excluding carboxylic acids is 1. The summed E-state index contributed by atoms with van der Waals surface area (Å²) in [4.78, 5) is 33.8. The van der Waals surface area contributed by atoms with E-state index >= 15 is 0 Å². The molecule has 0 bridgehead atoms. The molecule has 2 N–H and O–H groups in total. The van der Waals surface area contributed by atoms with Gasteiger partial charge in [0.15, 0.2) is 0 Å². The van der Waals surface area contributed by atoms with Crippen LogP contribution in [0.1, 0.15) is 27.6 Å². The van der Waals surface area contributed by atoms with Crippen LogP contribution in [0.15, 0.2) is 36.9 Å². The Morgan fingerprint density at radius 2 is 1.74 bits per heavy atom. The summed E-state index contributed by atoms with van der Waals surface area (Å²) in [5.41, 5.74) is -2.39. The fourth-order valence-corrected chi connectivity index (χ4v) is 1.27. The van der Waals surface area contributed by atoms with Gasteiger partial charge >= 0.3 is 17.9 Å². The lowest BCUT2D eigenvalue weighted by molar-refractivity contribution is -0.152. The summed E-state index contributed by atoms with van der Waals surface area (Å²) in [5, 5.41) is 17.9. The minimum Gasteiger partial charge on any atom is -0.478 e. The molecule has 0 aromatic heterocycles. The molecule has 1 aromatic rings. The number of carboxylic acid groups (broad SMARTS) is 2. The second-order valence-electron chi connectivity index (χ2n) is 3.86. The van der Waals surface area contributed by atoms with Gasteiger partial charge in [0, 0.05) is 0 Å². The molecular formula is C13H12O6. The largest absolute Gasteiger partial charge is 0.478 e. The third kappa shape index (κ3) is 2.98. The molecule has 0 spiro atoms. The van der Waals surface area contributed by atoms with E-state index in [1.54, 1.807) is 0 Å². The van der Waals surface area contributed by atoms with Crippen molar-refractivity contribution in [2.24, 2.45) is 0 Å². The normalized spacial score (nSPS) is 13.1. The number of aliphatic carboxylic acids is 1. The first kappa shape index (κ1) is 14.4. The molecule has 1 atom stereocenters. The van der Waals surface area contributed by atoms with E-state index in [-0.39, 0.29) is 11.1 Å². The zero-order chi connectivity index (χ0) is 14.6. The molecule has 0 radical (unpaired) electrons. The fourth-order valence-electron chi connectivity index (χ4n) is 1.27. The van der Waals surface area contributed by atoms with Crippen LogP contribution in [0.4, 0.5) is 0 Å². The second-order valence-corrected chi connectivity index (χ2v) is 3.86. The quantitative estimate of drug-likeness (QED) is 0.618. The maximum atomic E-state index is 11.9. The van der Waals surface area contributed by atoms with Crippen LogP contribution in [0.3, 0.4) is 0 Å². The average molecular weight is 264 g/mol. The molecule has 0 saturated carbocycles. The van der Waals surface area contributed by atoms with E-state index in [9.17, 15) is 14.4 Å². The Labute approximate surface area is 108 Å². The highest BCUT2D eigenvalue weighted by molar-refractivity contribution is 6.03. The molecule has 0 fully saturated rings. The van der Waals surface area contributed by atoms with Crippen LogP contribution < -0.4 is 0 Å². The first-order valence-corrected chi connectivity index (χ1v) is 5.24. The lowest BCUT2D eigenvalue weighted by atomic mass is 10.1. The first-order valence-electron chi connectivity index (χ1n) is 5.24. The molecule has 1 unspecified atom stereocenters. The van der Waals surface area contributed by atoms with Crippen molar-refractivity contribution in [3.05, 3.63) is 48.0 Å². The Hall–Kier alpha value is -2.63. The van der Waals surface area contributed by atoms with Crippen LogP contribution in [0, 0.1) is 0 Å². The SMILES string of the molecule is C=CC(C)(OC(=O)c1ccccc1C(=O)O)C(=O)O. The number of benzene rings is 1. The van der Waals surface area contributed by atoms with Crippen molar-refractivity contribution in [2.45, 2.75) is 12.5 Å². The van der Waals surface area contributed by atoms with E-state index in [0.717, 1.165) is 13.0 Å². The van der Waals surface area contributed by atoms with Gasteiger partial charge in [-0.3, -0.25) is 0 Å². The molecule has 6 heteroatoms. The number of carbonyl (C=O) groups is 3. The van der Waals surface area contributed by atoms with E-state index in [2.05, 4.69) is 6.58 Å². The Morgan fingerprint density at radius 1 is 1.21 bits per heavy atom. The van der Waals surface area contributed by atoms with E-state index in [1.807, 2.05) is 0 Å². The van der Waals surface area contributed by atoms with Crippen molar-refractivity contribution < 1.29 is 29.3 Å². The summed E-state index contributed by atoms with van der Waals surface area (Å²) < 4.78 is 4.81. The number of esters is 1. The number of ether oxygens (including phenoxy) is 1. The van der Waals surface area contributed by atoms with Crippen LogP contribution in [0.5, 0.6) is 0 Å². The third-order valence-electron chi connectivity index (χ3n) is 2.50. The van der Waals surface area contributed by atoms with Gasteiger partial charge in [-0.1, -0.05) is 18.7 Å². The number of carboxylic acids is 2. The topological polar surface area (TPSA) is 101 Å². The summed E-state index contributed by atoms with van der Waals surface area (Å²) in [6.07, 6.45) is 0.955. The number of hydrogen-bond acceptors (Lipinski definition) is 4. The minimum absolute atomic E-state index is 0.218. The van der Waals surface area contributed by atoms with Crippen LogP contribution in [0.2, 0.25) is 0 Å². The Kier molecular flexibility index (Phi) is 4.06. The van der Waals surface area contributed by atoms with Crippen LogP contribution in [-0.4, -0.2) is 33.7 Å². The smallest absolute Gasteiger partial charge is 0.352 e. The standard InChI is InChI=1S/C13H12O6/c1-3-13(2,12(17)18)19-11(16)9-7-5-4-6-8(9)10(14)15/h3-7H,1H2,2H3,(H,14,15)(H,17,18). The van der Waals surface area contributed by atoms with E-state index in [1.165, 1.54) is 24.3 Å². The van der Waals surface area contributed by atoms with Crippen molar-refractivity contribution in [1.82, 2.24) is 0 Å². The van der Waals surface area contributed by atoms with Crippen molar-refractivity contribution >= 4 is 17.9 Å². The van der Waals surface area contributed by atoms with E-state index in [0.29, 0.717) is 0 Å². The molecule has 0 aliphatic carbocycles. The fraction of sp³-hybridized carbons (Fsp3) is 0.154. The minimum atomic E-state index is -1.91. The van der Waals surface area contributed by atoms with Gasteiger partial charge in [0.2, 0.25) is 5.60 Å². The Bertz CT molecular complexity index is 548. The van der Waals surface area contributed by atoms with E-state index < -0.39 is 23.5 Å². The highest BCUT2D eigenvalue weighted by Gasteiger charge is 2.35. The first-order chi connectivity index (χ1) is 8.81. The Balaban J connectivity index is 3.12. The molecule has 0 aliphatic rings. The highest BCUT2D eigenvalue weighted by atomic mass is 16.6. The average Bonchev–Trinajstić information content (AvgIpc) is 2.38. The molecule has 0 saturated heterocycles. The molecule has 6 nitrogen and oxygen atoms in total. The maximum Gasteiger partial charge on any atom is 0.352 e. The zero-order valence-corrected chi connectivity index (χ0v) is 10.1. The number of hydrogen-bond donors (Lipinski definition) is 2. The highest BCUT2D eigenvalue weighted by Crippen LogP contribution is 2.18. The summed E-state index contributed by atoms with van der Waals surface area (Å²) in [5.74, 6) is -3.74. The maximum absolute atomic E-state index is 11.9. The molecule has 0 amide bonds. The summed E-state index contributed by atoms with van der Waals surface area (Å²) in [6, 6.07) is 5.38. The summed E-state index contributed by atoms with van der Waals surface area (Å²) in [7, 11) is 0. The predicted molar refractivity (Wildman–Crippen MR) is 65.1 cm³/mol. The molecule has 0 aliphatic heterocycles. The van der Waals surface area contributed by atoms with Crippen molar-refractivity contribution in [1.29, 1.82) is 0 Å². The van der Waals surface area contributed by atoms with Gasteiger partial charge in [0.05, 0.1) is 11.1 Å². The van der Waals surface area contributed by atoms with Gasteiger partial charge in [-0.25, -0.2) is 14.4 Å². The lowest BCUT2D eigenvalue weighted by Gasteiger charge is -2.21. The summed E-state index contributed by atoms with van der Waals surface area (Å²) in [6.45, 7) is 4.43. The van der Waals surface area contributed by atoms with Crippen LogP contribution in [0.25, 0.3) is 0 Å². The second kappa shape index (κ2) is 5.34. The van der Waals surface area contributed by atoms with Gasteiger partial charge in [0.25, 0.3) is 0 Å². The van der Waals surface area contributed by atoms with Gasteiger partial charge in [-0.2, -0.15) is 0 Å². The monoisotopic (exact) mass is 264 g/mol.